The molecule has 0 saturated carbocycles. The second-order valence-electron chi connectivity index (χ2n) is 10.8. The molecule has 9 nitrogen and oxygen atoms in total. The van der Waals surface area contributed by atoms with E-state index in [2.05, 4.69) is 20.3 Å². The zero-order chi connectivity index (χ0) is 28.7. The molecule has 2 aromatic carbocycles. The van der Waals surface area contributed by atoms with Crippen LogP contribution in [0.25, 0.3) is 22.2 Å². The Hall–Kier alpha value is -4.76. The Balaban J connectivity index is 0.983. The highest BCUT2D eigenvalue weighted by Gasteiger charge is 2.53. The Morgan fingerprint density at radius 2 is 1.83 bits per heavy atom. The first-order chi connectivity index (χ1) is 20.5. The predicted octanol–water partition coefficient (Wildman–Crippen LogP) is 5.68. The molecule has 10 heteroatoms. The molecule has 210 valence electrons. The molecule has 2 amide bonds. The third-order valence-corrected chi connectivity index (χ3v) is 8.43. The van der Waals surface area contributed by atoms with E-state index in [1.807, 2.05) is 47.4 Å². The fourth-order valence-corrected chi connectivity index (χ4v) is 6.12. The Kier molecular flexibility index (Phi) is 6.59. The monoisotopic (exact) mass is 578 g/mol. The maximum Gasteiger partial charge on any atom is 0.254 e. The molecule has 7 rings (SSSR count). The van der Waals surface area contributed by atoms with Crippen LogP contribution in [0.1, 0.15) is 39.1 Å². The number of aromatic nitrogens is 3. The Labute approximate surface area is 247 Å². The molecule has 3 aromatic heterocycles. The van der Waals surface area contributed by atoms with Gasteiger partial charge in [-0.15, -0.1) is 0 Å². The van der Waals surface area contributed by atoms with Crippen LogP contribution in [-0.2, 0) is 6.54 Å². The SMILES string of the molecule is O=C(c1ccc2occ(Cl)c2c1)N1CC2(CCCN2C(=O)c2ccc(CNc3nccc(-c4cccnc4)n3)cc2)C1. The Morgan fingerprint density at radius 1 is 1.00 bits per heavy atom. The number of rotatable bonds is 6. The van der Waals surface area contributed by atoms with Crippen molar-refractivity contribution in [3.05, 3.63) is 107 Å². The highest BCUT2D eigenvalue weighted by molar-refractivity contribution is 6.35. The van der Waals surface area contributed by atoms with Crippen LogP contribution in [0.5, 0.6) is 0 Å². The van der Waals surface area contributed by atoms with E-state index >= 15 is 0 Å². The second-order valence-corrected chi connectivity index (χ2v) is 11.2. The lowest BCUT2D eigenvalue weighted by atomic mass is 9.85. The van der Waals surface area contributed by atoms with Gasteiger partial charge in [0.25, 0.3) is 11.8 Å². The summed E-state index contributed by atoms with van der Waals surface area (Å²) < 4.78 is 5.39. The molecule has 0 radical (unpaired) electrons. The van der Waals surface area contributed by atoms with E-state index in [9.17, 15) is 9.59 Å². The standard InChI is InChI=1S/C32H27ClN6O3/c33-26-18-42-28-9-8-23(15-25(26)28)29(40)38-19-32(20-38)11-2-14-39(32)30(41)22-6-4-21(5-7-22)16-36-31-35-13-10-27(37-31)24-3-1-12-34-17-24/h1,3-10,12-13,15,17-18H,2,11,14,16,19-20H2,(H,35,36,37). The van der Waals surface area contributed by atoms with Gasteiger partial charge in [0.15, 0.2) is 0 Å². The molecule has 1 spiro atoms. The summed E-state index contributed by atoms with van der Waals surface area (Å²) in [4.78, 5) is 43.6. The van der Waals surface area contributed by atoms with E-state index in [-0.39, 0.29) is 17.4 Å². The normalized spacial score (nSPS) is 15.6. The number of benzene rings is 2. The quantitative estimate of drug-likeness (QED) is 0.276. The number of likely N-dealkylation sites (tertiary alicyclic amines) is 2. The zero-order valence-corrected chi connectivity index (χ0v) is 23.4. The summed E-state index contributed by atoms with van der Waals surface area (Å²) in [5.74, 6) is 0.455. The van der Waals surface area contributed by atoms with Crippen molar-refractivity contribution in [1.82, 2.24) is 24.8 Å². The first-order valence-corrected chi connectivity index (χ1v) is 14.2. The second kappa shape index (κ2) is 10.6. The van der Waals surface area contributed by atoms with Gasteiger partial charge in [-0.2, -0.15) is 0 Å². The van der Waals surface area contributed by atoms with Crippen molar-refractivity contribution in [2.75, 3.05) is 25.0 Å². The molecule has 42 heavy (non-hydrogen) atoms. The highest BCUT2D eigenvalue weighted by atomic mass is 35.5. The van der Waals surface area contributed by atoms with Crippen molar-refractivity contribution in [3.8, 4) is 11.3 Å². The highest BCUT2D eigenvalue weighted by Crippen LogP contribution is 2.39. The van der Waals surface area contributed by atoms with Crippen molar-refractivity contribution in [1.29, 1.82) is 0 Å². The number of nitrogens with one attached hydrogen (secondary N) is 1. The topological polar surface area (TPSA) is 104 Å². The molecule has 5 aromatic rings. The van der Waals surface area contributed by atoms with E-state index in [1.54, 1.807) is 41.7 Å². The average molecular weight is 579 g/mol. The number of fused-ring (bicyclic) bond motifs is 1. The molecule has 0 unspecified atom stereocenters. The molecule has 0 atom stereocenters. The lowest BCUT2D eigenvalue weighted by Crippen LogP contribution is -2.69. The van der Waals surface area contributed by atoms with Crippen molar-refractivity contribution >= 4 is 40.3 Å². The number of furan rings is 1. The average Bonchev–Trinajstić information content (AvgIpc) is 3.63. The molecular weight excluding hydrogens is 552 g/mol. The number of hydrogen-bond acceptors (Lipinski definition) is 7. The van der Waals surface area contributed by atoms with Gasteiger partial charge in [0.2, 0.25) is 5.95 Å². The third-order valence-electron chi connectivity index (χ3n) is 8.14. The Bertz CT molecular complexity index is 1780. The molecule has 2 saturated heterocycles. The van der Waals surface area contributed by atoms with Gasteiger partial charge in [-0.1, -0.05) is 23.7 Å². The van der Waals surface area contributed by atoms with Gasteiger partial charge in [-0.25, -0.2) is 9.97 Å². The van der Waals surface area contributed by atoms with Gasteiger partial charge in [-0.3, -0.25) is 14.6 Å². The smallest absolute Gasteiger partial charge is 0.254 e. The molecule has 0 bridgehead atoms. The molecule has 1 N–H and O–H groups in total. The summed E-state index contributed by atoms with van der Waals surface area (Å²) >= 11 is 6.20. The number of halogens is 1. The number of hydrogen-bond donors (Lipinski definition) is 1. The van der Waals surface area contributed by atoms with Gasteiger partial charge >= 0.3 is 0 Å². The van der Waals surface area contributed by atoms with Crippen LogP contribution in [0.15, 0.2) is 89.9 Å². The van der Waals surface area contributed by atoms with E-state index in [0.717, 1.165) is 35.0 Å². The number of pyridine rings is 1. The van der Waals surface area contributed by atoms with Gasteiger partial charge in [0.1, 0.15) is 11.8 Å². The maximum atomic E-state index is 13.6. The van der Waals surface area contributed by atoms with Gasteiger partial charge < -0.3 is 19.5 Å². The van der Waals surface area contributed by atoms with Crippen molar-refractivity contribution in [2.24, 2.45) is 0 Å². The number of carbonyl (C=O) groups is 2. The van der Waals surface area contributed by atoms with E-state index in [0.29, 0.717) is 53.9 Å². The summed E-state index contributed by atoms with van der Waals surface area (Å²) in [7, 11) is 0. The largest absolute Gasteiger partial charge is 0.463 e. The lowest BCUT2D eigenvalue weighted by molar-refractivity contribution is -0.0115. The van der Waals surface area contributed by atoms with Crippen molar-refractivity contribution in [2.45, 2.75) is 24.9 Å². The molecule has 2 aliphatic heterocycles. The van der Waals surface area contributed by atoms with Crippen LogP contribution in [0.3, 0.4) is 0 Å². The van der Waals surface area contributed by atoms with Crippen molar-refractivity contribution in [3.63, 3.8) is 0 Å². The van der Waals surface area contributed by atoms with E-state index < -0.39 is 0 Å². The summed E-state index contributed by atoms with van der Waals surface area (Å²) in [6.45, 7) is 2.25. The van der Waals surface area contributed by atoms with Crippen molar-refractivity contribution < 1.29 is 14.0 Å². The molecular formula is C32H27ClN6O3. The minimum atomic E-state index is -0.318. The van der Waals surface area contributed by atoms with Gasteiger partial charge in [0, 0.05) is 66.8 Å². The molecule has 0 aliphatic carbocycles. The number of nitrogens with zero attached hydrogens (tertiary/aromatic N) is 5. The third kappa shape index (κ3) is 4.75. The summed E-state index contributed by atoms with van der Waals surface area (Å²) in [6.07, 6.45) is 8.49. The fraction of sp³-hybridized carbons (Fsp3) is 0.219. The minimum absolute atomic E-state index is 0.00166. The van der Waals surface area contributed by atoms with Crippen LogP contribution < -0.4 is 5.32 Å². The van der Waals surface area contributed by atoms with E-state index in [4.69, 9.17) is 16.0 Å². The van der Waals surface area contributed by atoms with Crippen LogP contribution in [0, 0.1) is 0 Å². The minimum Gasteiger partial charge on any atom is -0.463 e. The summed E-state index contributed by atoms with van der Waals surface area (Å²) in [5, 5.41) is 4.46. The number of carbonyl (C=O) groups excluding carboxylic acids is 2. The van der Waals surface area contributed by atoms with Crippen LogP contribution in [0.2, 0.25) is 5.02 Å². The van der Waals surface area contributed by atoms with E-state index in [1.165, 1.54) is 6.26 Å². The molecule has 2 aliphatic rings. The van der Waals surface area contributed by atoms with Crippen LogP contribution in [-0.4, -0.2) is 61.7 Å². The molecule has 2 fully saturated rings. The molecule has 5 heterocycles. The van der Waals surface area contributed by atoms with Crippen LogP contribution >= 0.6 is 11.6 Å². The summed E-state index contributed by atoms with van der Waals surface area (Å²) in [5.41, 5.74) is 4.25. The van der Waals surface area contributed by atoms with Gasteiger partial charge in [0.05, 0.1) is 16.3 Å². The maximum absolute atomic E-state index is 13.6. The zero-order valence-electron chi connectivity index (χ0n) is 22.7. The first-order valence-electron chi connectivity index (χ1n) is 13.8. The first kappa shape index (κ1) is 26.2. The van der Waals surface area contributed by atoms with Gasteiger partial charge in [-0.05, 0) is 66.9 Å². The fourth-order valence-electron chi connectivity index (χ4n) is 5.93. The summed E-state index contributed by atoms with van der Waals surface area (Å²) in [6, 6.07) is 18.6. The predicted molar refractivity (Wildman–Crippen MR) is 159 cm³/mol. The number of anilines is 1. The lowest BCUT2D eigenvalue weighted by Gasteiger charge is -2.52. The van der Waals surface area contributed by atoms with Crippen LogP contribution in [0.4, 0.5) is 5.95 Å². The number of amides is 2. The Morgan fingerprint density at radius 3 is 2.64 bits per heavy atom.